The summed E-state index contributed by atoms with van der Waals surface area (Å²) in [4.78, 5) is 6.76. The average Bonchev–Trinajstić information content (AvgIpc) is 3.07. The molecule has 3 aromatic carbocycles. The van der Waals surface area contributed by atoms with Crippen molar-refractivity contribution in [2.45, 2.75) is 44.8 Å². The Morgan fingerprint density at radius 1 is 0.974 bits per heavy atom. The number of nitrogens with zero attached hydrogens (tertiary/aromatic N) is 4. The van der Waals surface area contributed by atoms with Gasteiger partial charge in [-0.2, -0.15) is 9.57 Å². The van der Waals surface area contributed by atoms with Crippen molar-refractivity contribution in [1.82, 2.24) is 9.29 Å². The quantitative estimate of drug-likeness (QED) is 0.322. The largest absolute Gasteiger partial charge is 0.365 e. The summed E-state index contributed by atoms with van der Waals surface area (Å²) in [5.41, 5.74) is 5.36. The summed E-state index contributed by atoms with van der Waals surface area (Å²) < 4.78 is 29.8. The van der Waals surface area contributed by atoms with Gasteiger partial charge in [-0.1, -0.05) is 61.5 Å². The number of nitriles is 1. The van der Waals surface area contributed by atoms with Crippen molar-refractivity contribution in [3.05, 3.63) is 125 Å². The highest BCUT2D eigenvalue weighted by atomic mass is 32.2. The Kier molecular flexibility index (Phi) is 8.26. The monoisotopic (exact) mass is 524 g/mol. The molecule has 2 heterocycles. The number of anilines is 1. The fraction of sp³-hybridized carbons (Fsp3) is 0.226. The van der Waals surface area contributed by atoms with E-state index in [9.17, 15) is 13.7 Å². The van der Waals surface area contributed by atoms with Gasteiger partial charge >= 0.3 is 0 Å². The van der Waals surface area contributed by atoms with Gasteiger partial charge in [-0.25, -0.2) is 8.42 Å². The van der Waals surface area contributed by atoms with E-state index in [4.69, 9.17) is 0 Å². The third-order valence-electron chi connectivity index (χ3n) is 6.75. The zero-order valence-corrected chi connectivity index (χ0v) is 21.5. The zero-order chi connectivity index (χ0) is 25.8. The van der Waals surface area contributed by atoms with Crippen molar-refractivity contribution >= 4 is 15.7 Å². The first kappa shape index (κ1) is 27.1. The van der Waals surface area contributed by atoms with Gasteiger partial charge < -0.3 is 4.90 Å². The molecule has 6 nitrogen and oxygen atoms in total. The molecule has 1 aromatic heterocycles. The van der Waals surface area contributed by atoms with Crippen LogP contribution in [0.1, 0.15) is 35.2 Å². The molecule has 0 spiro atoms. The molecule has 0 unspecified atom stereocenters. The number of pyridine rings is 1. The van der Waals surface area contributed by atoms with Crippen LogP contribution in [0.25, 0.3) is 0 Å². The molecule has 1 aliphatic heterocycles. The molecule has 1 atom stereocenters. The SMILES string of the molecule is C.Cc1ccc(S(=O)(=O)N2Cc3cc(C#N)ccc3N(Cc3cccnc3)C[C@H]2Cc2ccccc2)cc1. The molecule has 7 heteroatoms. The van der Waals surface area contributed by atoms with Crippen molar-refractivity contribution in [3.63, 3.8) is 0 Å². The third-order valence-corrected chi connectivity index (χ3v) is 8.66. The van der Waals surface area contributed by atoms with Crippen LogP contribution in [0.15, 0.2) is 102 Å². The van der Waals surface area contributed by atoms with Gasteiger partial charge in [-0.05, 0) is 66.4 Å². The number of hydrogen-bond acceptors (Lipinski definition) is 5. The van der Waals surface area contributed by atoms with Crippen LogP contribution in [0.2, 0.25) is 0 Å². The number of rotatable bonds is 6. The molecule has 0 bridgehead atoms. The summed E-state index contributed by atoms with van der Waals surface area (Å²) in [5.74, 6) is 0. The smallest absolute Gasteiger partial charge is 0.243 e. The van der Waals surface area contributed by atoms with Crippen molar-refractivity contribution in [3.8, 4) is 6.07 Å². The summed E-state index contributed by atoms with van der Waals surface area (Å²) in [7, 11) is -3.82. The first-order valence-corrected chi connectivity index (χ1v) is 13.7. The molecule has 4 aromatic rings. The number of fused-ring (bicyclic) bond motifs is 1. The van der Waals surface area contributed by atoms with Gasteiger partial charge in [-0.15, -0.1) is 0 Å². The van der Waals surface area contributed by atoms with Crippen LogP contribution < -0.4 is 4.90 Å². The van der Waals surface area contributed by atoms with Gasteiger partial charge in [-0.3, -0.25) is 4.98 Å². The van der Waals surface area contributed by atoms with Crippen LogP contribution in [0.4, 0.5) is 5.69 Å². The second kappa shape index (κ2) is 11.6. The van der Waals surface area contributed by atoms with Crippen LogP contribution in [-0.2, 0) is 29.5 Å². The lowest BCUT2D eigenvalue weighted by Gasteiger charge is -2.32. The number of hydrogen-bond donors (Lipinski definition) is 0. The minimum atomic E-state index is -3.82. The van der Waals surface area contributed by atoms with Crippen LogP contribution in [0.3, 0.4) is 0 Å². The van der Waals surface area contributed by atoms with Gasteiger partial charge in [0.15, 0.2) is 0 Å². The fourth-order valence-electron chi connectivity index (χ4n) is 4.87. The van der Waals surface area contributed by atoms with E-state index in [1.165, 1.54) is 0 Å². The van der Waals surface area contributed by atoms with Crippen molar-refractivity contribution in [2.75, 3.05) is 11.4 Å². The van der Waals surface area contributed by atoms with E-state index in [2.05, 4.69) is 16.0 Å². The molecule has 0 saturated heterocycles. The molecule has 38 heavy (non-hydrogen) atoms. The molecule has 0 amide bonds. The Hall–Kier alpha value is -3.99. The maximum absolute atomic E-state index is 14.1. The van der Waals surface area contributed by atoms with E-state index in [0.717, 1.165) is 27.9 Å². The molecule has 0 N–H and O–H groups in total. The van der Waals surface area contributed by atoms with E-state index >= 15 is 0 Å². The summed E-state index contributed by atoms with van der Waals surface area (Å²) in [5, 5.41) is 9.58. The minimum Gasteiger partial charge on any atom is -0.365 e. The standard InChI is InChI=1S/C30H28N4O2S.CH4/c1-23-9-12-29(13-10-23)37(35,36)34-21-27-16-25(18-31)11-14-30(27)33(20-26-8-5-15-32-19-26)22-28(34)17-24-6-3-2-4-7-24;/h2-16,19,28H,17,20-22H2,1H3;1H4/t28-;/m1./s1. The minimum absolute atomic E-state index is 0. The molecule has 0 fully saturated rings. The van der Waals surface area contributed by atoms with Gasteiger partial charge in [0.25, 0.3) is 0 Å². The topological polar surface area (TPSA) is 77.3 Å². The fourth-order valence-corrected chi connectivity index (χ4v) is 6.47. The third kappa shape index (κ3) is 5.77. The van der Waals surface area contributed by atoms with E-state index in [1.54, 1.807) is 28.7 Å². The second-order valence-electron chi connectivity index (χ2n) is 9.40. The van der Waals surface area contributed by atoms with Gasteiger partial charge in [0.05, 0.1) is 16.5 Å². The number of benzene rings is 3. The molecular weight excluding hydrogens is 492 g/mol. The summed E-state index contributed by atoms with van der Waals surface area (Å²) in [6, 6.07) is 28.3. The average molecular weight is 525 g/mol. The van der Waals surface area contributed by atoms with Crippen molar-refractivity contribution < 1.29 is 8.42 Å². The van der Waals surface area contributed by atoms with E-state index in [0.29, 0.717) is 25.1 Å². The summed E-state index contributed by atoms with van der Waals surface area (Å²) in [6.45, 7) is 3.20. The Balaban J connectivity index is 0.00000336. The predicted octanol–water partition coefficient (Wildman–Crippen LogP) is 5.72. The van der Waals surface area contributed by atoms with E-state index in [1.807, 2.05) is 79.9 Å². The lowest BCUT2D eigenvalue weighted by atomic mass is 10.1. The lowest BCUT2D eigenvalue weighted by molar-refractivity contribution is 0.318. The number of sulfonamides is 1. The van der Waals surface area contributed by atoms with Crippen LogP contribution in [0, 0.1) is 18.3 Å². The van der Waals surface area contributed by atoms with E-state index in [-0.39, 0.29) is 24.9 Å². The number of aromatic nitrogens is 1. The molecule has 194 valence electrons. The molecule has 0 aliphatic carbocycles. The molecule has 0 saturated carbocycles. The number of aryl methyl sites for hydroxylation is 1. The molecular formula is C31H32N4O2S. The highest BCUT2D eigenvalue weighted by molar-refractivity contribution is 7.89. The van der Waals surface area contributed by atoms with E-state index < -0.39 is 10.0 Å². The van der Waals surface area contributed by atoms with Gasteiger partial charge in [0.2, 0.25) is 10.0 Å². The van der Waals surface area contributed by atoms with Crippen LogP contribution in [-0.4, -0.2) is 30.3 Å². The Labute approximate surface area is 225 Å². The van der Waals surface area contributed by atoms with Crippen molar-refractivity contribution in [2.24, 2.45) is 0 Å². The summed E-state index contributed by atoms with van der Waals surface area (Å²) >= 11 is 0. The molecule has 5 rings (SSSR count). The van der Waals surface area contributed by atoms with Crippen molar-refractivity contribution in [1.29, 1.82) is 5.26 Å². The van der Waals surface area contributed by atoms with Crippen LogP contribution >= 0.6 is 0 Å². The maximum atomic E-state index is 14.1. The van der Waals surface area contributed by atoms with Crippen LogP contribution in [0.5, 0.6) is 0 Å². The van der Waals surface area contributed by atoms with Gasteiger partial charge in [0.1, 0.15) is 0 Å². The Morgan fingerprint density at radius 3 is 2.39 bits per heavy atom. The highest BCUT2D eigenvalue weighted by Gasteiger charge is 2.36. The molecule has 0 radical (unpaired) electrons. The molecule has 1 aliphatic rings. The summed E-state index contributed by atoms with van der Waals surface area (Å²) in [6.07, 6.45) is 4.14. The lowest BCUT2D eigenvalue weighted by Crippen LogP contribution is -2.45. The first-order valence-electron chi connectivity index (χ1n) is 12.2. The maximum Gasteiger partial charge on any atom is 0.243 e. The predicted molar refractivity (Wildman–Crippen MR) is 151 cm³/mol. The first-order chi connectivity index (χ1) is 17.9. The Bertz CT molecular complexity index is 1520. The normalized spacial score (nSPS) is 15.6. The zero-order valence-electron chi connectivity index (χ0n) is 20.7. The van der Waals surface area contributed by atoms with Gasteiger partial charge in [0, 0.05) is 43.8 Å². The Morgan fingerprint density at radius 2 is 1.71 bits per heavy atom. The second-order valence-corrected chi connectivity index (χ2v) is 11.3. The highest BCUT2D eigenvalue weighted by Crippen LogP contribution is 2.34.